The van der Waals surface area contributed by atoms with Crippen molar-refractivity contribution in [3.8, 4) is 0 Å². The van der Waals surface area contributed by atoms with Crippen LogP contribution in [0.5, 0.6) is 0 Å². The summed E-state index contributed by atoms with van der Waals surface area (Å²) in [6.45, 7) is 4.18. The Hall–Kier alpha value is -2.98. The highest BCUT2D eigenvalue weighted by atomic mass is 16.4. The third-order valence-electron chi connectivity index (χ3n) is 4.40. The number of carbonyl (C=O) groups excluding carboxylic acids is 3. The maximum Gasteiger partial charge on any atom is 0.322 e. The minimum Gasteiger partial charge on any atom is -0.480 e. The van der Waals surface area contributed by atoms with Crippen LogP contribution in [-0.2, 0) is 25.6 Å². The van der Waals surface area contributed by atoms with Gasteiger partial charge in [0, 0.05) is 6.42 Å². The lowest BCUT2D eigenvalue weighted by Crippen LogP contribution is -2.59. The van der Waals surface area contributed by atoms with Gasteiger partial charge in [-0.3, -0.25) is 19.2 Å². The Balaban J connectivity index is 2.96. The van der Waals surface area contributed by atoms with E-state index < -0.39 is 54.5 Å². The lowest BCUT2D eigenvalue weighted by Gasteiger charge is -2.26. The standard InChI is InChI=1S/C20H30N4O6/c1-11(2)17(24-19(29)16(21)12(3)25)20(30)23-14(18(28)22-10-15(26)27)9-13-7-5-4-6-8-13/h4-8,11-12,14,16-17,25H,9-10,21H2,1-3H3,(H,22,28)(H,23,30)(H,24,29)(H,26,27). The molecular formula is C20H30N4O6. The quantitative estimate of drug-likeness (QED) is 0.259. The number of hydrogen-bond acceptors (Lipinski definition) is 6. The molecule has 10 nitrogen and oxygen atoms in total. The van der Waals surface area contributed by atoms with E-state index in [4.69, 9.17) is 10.8 Å². The molecule has 0 saturated heterocycles. The number of benzene rings is 1. The van der Waals surface area contributed by atoms with Crippen molar-refractivity contribution in [3.05, 3.63) is 35.9 Å². The van der Waals surface area contributed by atoms with Gasteiger partial charge in [-0.05, 0) is 18.4 Å². The maximum atomic E-state index is 12.8. The number of rotatable bonds is 11. The van der Waals surface area contributed by atoms with Gasteiger partial charge in [-0.15, -0.1) is 0 Å². The first-order valence-electron chi connectivity index (χ1n) is 9.60. The first kappa shape index (κ1) is 25.1. The molecule has 1 aromatic rings. The van der Waals surface area contributed by atoms with Crippen molar-refractivity contribution in [1.29, 1.82) is 0 Å². The van der Waals surface area contributed by atoms with E-state index in [9.17, 15) is 24.3 Å². The van der Waals surface area contributed by atoms with Crippen LogP contribution >= 0.6 is 0 Å². The van der Waals surface area contributed by atoms with E-state index in [-0.39, 0.29) is 12.3 Å². The summed E-state index contributed by atoms with van der Waals surface area (Å²) in [5.41, 5.74) is 6.37. The van der Waals surface area contributed by atoms with E-state index in [1.54, 1.807) is 44.2 Å². The second kappa shape index (κ2) is 11.9. The van der Waals surface area contributed by atoms with Crippen molar-refractivity contribution in [2.45, 2.75) is 51.4 Å². The highest BCUT2D eigenvalue weighted by molar-refractivity contribution is 5.94. The maximum absolute atomic E-state index is 12.8. The molecule has 4 unspecified atom stereocenters. The summed E-state index contributed by atoms with van der Waals surface area (Å²) in [5, 5.41) is 25.6. The van der Waals surface area contributed by atoms with Crippen LogP contribution in [-0.4, -0.2) is 64.7 Å². The largest absolute Gasteiger partial charge is 0.480 e. The molecule has 0 heterocycles. The highest BCUT2D eigenvalue weighted by Gasteiger charge is 2.31. The first-order valence-corrected chi connectivity index (χ1v) is 9.60. The Morgan fingerprint density at radius 2 is 1.57 bits per heavy atom. The lowest BCUT2D eigenvalue weighted by molar-refractivity contribution is -0.138. The monoisotopic (exact) mass is 422 g/mol. The molecule has 166 valence electrons. The average Bonchev–Trinajstić information content (AvgIpc) is 2.69. The molecule has 0 aliphatic rings. The Labute approximate surface area is 175 Å². The number of hydrogen-bond donors (Lipinski definition) is 6. The molecule has 7 N–H and O–H groups in total. The second-order valence-electron chi connectivity index (χ2n) is 7.36. The zero-order valence-electron chi connectivity index (χ0n) is 17.3. The Kier molecular flexibility index (Phi) is 9.93. The van der Waals surface area contributed by atoms with E-state index in [0.717, 1.165) is 5.56 Å². The van der Waals surface area contributed by atoms with Crippen LogP contribution in [0, 0.1) is 5.92 Å². The van der Waals surface area contributed by atoms with Crippen LogP contribution in [0.3, 0.4) is 0 Å². The van der Waals surface area contributed by atoms with Crippen molar-refractivity contribution in [2.24, 2.45) is 11.7 Å². The van der Waals surface area contributed by atoms with E-state index >= 15 is 0 Å². The number of aliphatic hydroxyl groups is 1. The van der Waals surface area contributed by atoms with Crippen LogP contribution in [0.4, 0.5) is 0 Å². The van der Waals surface area contributed by atoms with E-state index in [0.29, 0.717) is 0 Å². The molecule has 1 aromatic carbocycles. The highest BCUT2D eigenvalue weighted by Crippen LogP contribution is 2.07. The SMILES string of the molecule is CC(C)C(NC(=O)C(N)C(C)O)C(=O)NC(Cc1ccccc1)C(=O)NCC(=O)O. The molecule has 30 heavy (non-hydrogen) atoms. The summed E-state index contributed by atoms with van der Waals surface area (Å²) in [7, 11) is 0. The number of nitrogens with two attached hydrogens (primary N) is 1. The van der Waals surface area contributed by atoms with Gasteiger partial charge in [-0.25, -0.2) is 0 Å². The van der Waals surface area contributed by atoms with Crippen LogP contribution < -0.4 is 21.7 Å². The van der Waals surface area contributed by atoms with Gasteiger partial charge in [0.15, 0.2) is 0 Å². The van der Waals surface area contributed by atoms with Crippen LogP contribution in [0.15, 0.2) is 30.3 Å². The topological polar surface area (TPSA) is 171 Å². The Morgan fingerprint density at radius 3 is 2.07 bits per heavy atom. The van der Waals surface area contributed by atoms with Crippen molar-refractivity contribution in [2.75, 3.05) is 6.54 Å². The molecule has 0 spiro atoms. The average molecular weight is 422 g/mol. The van der Waals surface area contributed by atoms with Gasteiger partial charge in [0.25, 0.3) is 0 Å². The molecule has 0 aromatic heterocycles. The summed E-state index contributed by atoms with van der Waals surface area (Å²) in [6.07, 6.45) is -0.974. The first-order chi connectivity index (χ1) is 14.0. The fourth-order valence-corrected chi connectivity index (χ4v) is 2.61. The molecule has 10 heteroatoms. The van der Waals surface area contributed by atoms with E-state index in [1.807, 2.05) is 0 Å². The number of carboxylic acids is 1. The molecular weight excluding hydrogens is 392 g/mol. The third-order valence-corrected chi connectivity index (χ3v) is 4.40. The number of carboxylic acid groups (broad SMARTS) is 1. The predicted molar refractivity (Wildman–Crippen MR) is 109 cm³/mol. The van der Waals surface area contributed by atoms with Crippen molar-refractivity contribution in [1.82, 2.24) is 16.0 Å². The van der Waals surface area contributed by atoms with Crippen LogP contribution in [0.25, 0.3) is 0 Å². The second-order valence-corrected chi connectivity index (χ2v) is 7.36. The van der Waals surface area contributed by atoms with Gasteiger partial charge in [0.1, 0.15) is 24.7 Å². The van der Waals surface area contributed by atoms with Gasteiger partial charge in [-0.2, -0.15) is 0 Å². The summed E-state index contributed by atoms with van der Waals surface area (Å²) < 4.78 is 0. The zero-order chi connectivity index (χ0) is 22.8. The van der Waals surface area contributed by atoms with E-state index in [2.05, 4.69) is 16.0 Å². The minimum absolute atomic E-state index is 0.129. The molecule has 0 aliphatic heterocycles. The number of aliphatic carboxylic acids is 1. The van der Waals surface area contributed by atoms with Crippen molar-refractivity contribution < 1.29 is 29.4 Å². The summed E-state index contributed by atoms with van der Waals surface area (Å²) in [6, 6.07) is 5.63. The Morgan fingerprint density at radius 1 is 0.967 bits per heavy atom. The van der Waals surface area contributed by atoms with Gasteiger partial charge < -0.3 is 31.9 Å². The molecule has 4 atom stereocenters. The summed E-state index contributed by atoms with van der Waals surface area (Å²) >= 11 is 0. The molecule has 0 fully saturated rings. The van der Waals surface area contributed by atoms with Gasteiger partial charge in [0.05, 0.1) is 6.10 Å². The smallest absolute Gasteiger partial charge is 0.322 e. The fourth-order valence-electron chi connectivity index (χ4n) is 2.61. The Bertz CT molecular complexity index is 738. The fraction of sp³-hybridized carbons (Fsp3) is 0.500. The van der Waals surface area contributed by atoms with Gasteiger partial charge in [-0.1, -0.05) is 44.2 Å². The third kappa shape index (κ3) is 8.18. The molecule has 1 rings (SSSR count). The molecule has 0 aliphatic carbocycles. The number of amides is 3. The molecule has 0 radical (unpaired) electrons. The number of aliphatic hydroxyl groups excluding tert-OH is 1. The summed E-state index contributed by atoms with van der Waals surface area (Å²) in [5.74, 6) is -3.54. The van der Waals surface area contributed by atoms with Crippen LogP contribution in [0.1, 0.15) is 26.3 Å². The van der Waals surface area contributed by atoms with Crippen molar-refractivity contribution in [3.63, 3.8) is 0 Å². The molecule has 0 bridgehead atoms. The molecule has 3 amide bonds. The number of nitrogens with one attached hydrogen (secondary N) is 3. The van der Waals surface area contributed by atoms with Crippen molar-refractivity contribution >= 4 is 23.7 Å². The molecule has 0 saturated carbocycles. The van der Waals surface area contributed by atoms with Gasteiger partial charge >= 0.3 is 5.97 Å². The lowest BCUT2D eigenvalue weighted by atomic mass is 10.00. The minimum atomic E-state index is -1.22. The predicted octanol–water partition coefficient (Wildman–Crippen LogP) is -1.24. The normalized spacial score (nSPS) is 14.9. The van der Waals surface area contributed by atoms with E-state index in [1.165, 1.54) is 6.92 Å². The zero-order valence-corrected chi connectivity index (χ0v) is 17.3. The number of carbonyl (C=O) groups is 4. The summed E-state index contributed by atoms with van der Waals surface area (Å²) in [4.78, 5) is 48.2. The van der Waals surface area contributed by atoms with Gasteiger partial charge in [0.2, 0.25) is 17.7 Å². The van der Waals surface area contributed by atoms with Crippen LogP contribution in [0.2, 0.25) is 0 Å².